The molecule has 2 saturated heterocycles. The Hall–Kier alpha value is -0.180. The van der Waals surface area contributed by atoms with Gasteiger partial charge >= 0.3 is 43.7 Å². The predicted octanol–water partition coefficient (Wildman–Crippen LogP) is 1.30. The summed E-state index contributed by atoms with van der Waals surface area (Å²) in [6.45, 7) is 5.09. The molecule has 2 amide bonds. The van der Waals surface area contributed by atoms with Crippen LogP contribution < -0.4 is 10.8 Å². The van der Waals surface area contributed by atoms with Gasteiger partial charge in [-0.05, 0) is 45.1 Å². The molecule has 11 heteroatoms. The average Bonchev–Trinajstić information content (AvgIpc) is 3.41. The number of carbonyl (C=O) groups is 3. The summed E-state index contributed by atoms with van der Waals surface area (Å²) in [6.07, 6.45) is 5.26. The Morgan fingerprint density at radius 3 is 2.23 bits per heavy atom. The normalized spacial score (nSPS) is 22.3. The number of aliphatic carboxylic acids is 1. The maximum Gasteiger partial charge on any atom is 2.00 e. The fourth-order valence-electron chi connectivity index (χ4n) is 4.39. The molecule has 2 rings (SSSR count). The van der Waals surface area contributed by atoms with Crippen LogP contribution >= 0.6 is 7.29 Å². The van der Waals surface area contributed by atoms with Crippen molar-refractivity contribution in [1.29, 1.82) is 0 Å². The minimum atomic E-state index is -2.67. The maximum atomic E-state index is 13.4. The number of hydrogen-bond acceptors (Lipinski definition) is 5. The van der Waals surface area contributed by atoms with Gasteiger partial charge in [-0.3, -0.25) is 14.7 Å². The Kier molecular flexibility index (Phi) is 12.6. The fourth-order valence-corrected chi connectivity index (χ4v) is 6.01. The number of carboxylic acid groups (broad SMARTS) is 1. The second-order valence-electron chi connectivity index (χ2n) is 8.21. The van der Waals surface area contributed by atoms with Gasteiger partial charge in [-0.1, -0.05) is 20.3 Å². The van der Waals surface area contributed by atoms with Crippen LogP contribution in [-0.2, 0) is 18.9 Å². The number of likely N-dealkylation sites (tertiary alicyclic amines) is 2. The smallest absolute Gasteiger partial charge is 1.00 e. The Morgan fingerprint density at radius 2 is 1.68 bits per heavy atom. The van der Waals surface area contributed by atoms with Crippen molar-refractivity contribution < 1.29 is 26.9 Å². The van der Waals surface area contributed by atoms with Gasteiger partial charge in [0.05, 0.1) is 6.04 Å². The van der Waals surface area contributed by atoms with E-state index in [-0.39, 0.29) is 52.4 Å². The number of carboxylic acids is 1. The third kappa shape index (κ3) is 7.41. The van der Waals surface area contributed by atoms with Gasteiger partial charge in [-0.25, -0.2) is 4.79 Å². The molecule has 2 aliphatic rings. The van der Waals surface area contributed by atoms with Crippen molar-refractivity contribution in [3.8, 4) is 0 Å². The molecule has 31 heavy (non-hydrogen) atoms. The summed E-state index contributed by atoms with van der Waals surface area (Å²) in [4.78, 5) is 41.0. The molecule has 4 N–H and O–H groups in total. The number of rotatable bonds is 11. The third-order valence-corrected chi connectivity index (χ3v) is 9.13. The molecule has 0 radical (unpaired) electrons. The van der Waals surface area contributed by atoms with E-state index in [4.69, 9.17) is 5.73 Å². The molecule has 2 heterocycles. The summed E-state index contributed by atoms with van der Waals surface area (Å²) < 4.78 is 13.0. The molecule has 2 aliphatic heterocycles. The quantitative estimate of drug-likeness (QED) is 0.228. The molecule has 0 aromatic heterocycles. The van der Waals surface area contributed by atoms with Crippen molar-refractivity contribution in [2.24, 2.45) is 5.73 Å². The topological polar surface area (TPSA) is 133 Å². The van der Waals surface area contributed by atoms with E-state index in [1.807, 2.05) is 13.8 Å². The first-order valence-electron chi connectivity index (χ1n) is 11.2. The van der Waals surface area contributed by atoms with E-state index in [0.29, 0.717) is 64.1 Å². The van der Waals surface area contributed by atoms with E-state index in [0.717, 1.165) is 12.8 Å². The summed E-state index contributed by atoms with van der Waals surface area (Å²) in [5.41, 5.74) is 5.59. The van der Waals surface area contributed by atoms with Crippen molar-refractivity contribution in [2.45, 2.75) is 76.9 Å². The zero-order valence-electron chi connectivity index (χ0n) is 20.9. The minimum Gasteiger partial charge on any atom is -1.00 e. The summed E-state index contributed by atoms with van der Waals surface area (Å²) in [5, 5.41) is 12.5. The van der Waals surface area contributed by atoms with Crippen LogP contribution in [0.4, 0.5) is 0 Å². The molecule has 3 atom stereocenters. The van der Waals surface area contributed by atoms with E-state index in [1.165, 1.54) is 4.90 Å². The SMILES string of the molecule is CCP(=O)(CC)N[C@@H](CCCCN)C(=O)N1CCC[C@H]1C(=O)N1CCC[C@H]1C(=O)O.[Ca+2].[H-].[H-]. The first-order chi connectivity index (χ1) is 14.3. The van der Waals surface area contributed by atoms with Crippen molar-refractivity contribution in [3.05, 3.63) is 0 Å². The van der Waals surface area contributed by atoms with E-state index >= 15 is 0 Å². The van der Waals surface area contributed by atoms with Crippen molar-refractivity contribution in [2.75, 3.05) is 32.0 Å². The number of nitrogens with two attached hydrogens (primary N) is 1. The monoisotopic (exact) mass is 486 g/mol. The number of carbonyl (C=O) groups excluding carboxylic acids is 2. The Morgan fingerprint density at radius 1 is 1.10 bits per heavy atom. The standard InChI is InChI=1S/C20H37N4O5P.Ca.2H/c1-3-30(29,4-2)22-15(9-5-6-12-21)18(25)23-13-7-10-16(23)19(26)24-14-8-11-17(24)20(27)28;;;/h15-17H,3-14,21H2,1-2H3,(H,22,29)(H,27,28);;;/q;+2;2*-1/t15-,16-,17-;;;/m0.../s1. The largest absolute Gasteiger partial charge is 2.00 e. The molecule has 0 bridgehead atoms. The molecule has 0 saturated carbocycles. The first kappa shape index (κ1) is 28.9. The van der Waals surface area contributed by atoms with Crippen LogP contribution in [0.25, 0.3) is 0 Å². The maximum absolute atomic E-state index is 13.4. The number of nitrogens with one attached hydrogen (secondary N) is 1. The first-order valence-corrected chi connectivity index (χ1v) is 13.2. The van der Waals surface area contributed by atoms with Gasteiger partial charge in [0.25, 0.3) is 0 Å². The molecule has 0 aromatic carbocycles. The second-order valence-corrected chi connectivity index (χ2v) is 11.5. The van der Waals surface area contributed by atoms with Crippen molar-refractivity contribution >= 4 is 62.8 Å². The van der Waals surface area contributed by atoms with Gasteiger partial charge < -0.3 is 28.1 Å². The van der Waals surface area contributed by atoms with Crippen LogP contribution in [0.15, 0.2) is 0 Å². The van der Waals surface area contributed by atoms with Crippen LogP contribution in [0.1, 0.15) is 61.6 Å². The number of nitrogens with zero attached hydrogens (tertiary/aromatic N) is 2. The molecule has 176 valence electrons. The number of unbranched alkanes of at least 4 members (excludes halogenated alkanes) is 1. The van der Waals surface area contributed by atoms with Crippen LogP contribution in [0.3, 0.4) is 0 Å². The van der Waals surface area contributed by atoms with Crippen LogP contribution in [0, 0.1) is 0 Å². The minimum absolute atomic E-state index is 0. The number of hydrogen-bond donors (Lipinski definition) is 3. The van der Waals surface area contributed by atoms with Gasteiger partial charge in [-0.2, -0.15) is 0 Å². The molecular weight excluding hydrogens is 447 g/mol. The average molecular weight is 487 g/mol. The van der Waals surface area contributed by atoms with Gasteiger partial charge in [0.2, 0.25) is 11.8 Å². The second kappa shape index (κ2) is 13.5. The molecule has 0 aromatic rings. The van der Waals surface area contributed by atoms with Crippen LogP contribution in [-0.4, -0.2) is 121 Å². The number of amides is 2. The third-order valence-electron chi connectivity index (χ3n) is 6.30. The van der Waals surface area contributed by atoms with E-state index in [2.05, 4.69) is 5.09 Å². The summed E-state index contributed by atoms with van der Waals surface area (Å²) >= 11 is 0. The summed E-state index contributed by atoms with van der Waals surface area (Å²) in [5.74, 6) is -1.48. The van der Waals surface area contributed by atoms with Gasteiger partial charge in [-0.15, -0.1) is 0 Å². The Balaban J connectivity index is 0. The zero-order chi connectivity index (χ0) is 22.3. The molecule has 0 unspecified atom stereocenters. The van der Waals surface area contributed by atoms with Gasteiger partial charge in [0, 0.05) is 25.4 Å². The van der Waals surface area contributed by atoms with E-state index in [1.54, 1.807) is 4.90 Å². The molecule has 2 fully saturated rings. The Labute approximate surface area is 218 Å². The van der Waals surface area contributed by atoms with Gasteiger partial charge in [0.1, 0.15) is 19.4 Å². The zero-order valence-corrected chi connectivity index (χ0v) is 22.0. The Bertz CT molecular complexity index is 683. The van der Waals surface area contributed by atoms with Crippen LogP contribution in [0.2, 0.25) is 0 Å². The summed E-state index contributed by atoms with van der Waals surface area (Å²) in [7, 11) is -2.67. The summed E-state index contributed by atoms with van der Waals surface area (Å²) in [6, 6.07) is -2.07. The molecule has 0 aliphatic carbocycles. The van der Waals surface area contributed by atoms with Gasteiger partial charge in [0.15, 0.2) is 0 Å². The van der Waals surface area contributed by atoms with Crippen molar-refractivity contribution in [3.63, 3.8) is 0 Å². The molecular formula is C20H39CaN4O5P. The van der Waals surface area contributed by atoms with Crippen LogP contribution in [0.5, 0.6) is 0 Å². The van der Waals surface area contributed by atoms with E-state index < -0.39 is 31.4 Å². The van der Waals surface area contributed by atoms with E-state index in [9.17, 15) is 24.1 Å². The van der Waals surface area contributed by atoms with Crippen molar-refractivity contribution in [1.82, 2.24) is 14.9 Å². The fraction of sp³-hybridized carbons (Fsp3) is 0.850. The molecule has 9 nitrogen and oxygen atoms in total. The molecule has 0 spiro atoms. The predicted molar refractivity (Wildman–Crippen MR) is 124 cm³/mol.